The number of morpholine rings is 1. The molecule has 1 saturated heterocycles. The summed E-state index contributed by atoms with van der Waals surface area (Å²) in [4.78, 5) is 0.340. The first-order valence-corrected chi connectivity index (χ1v) is 8.60. The van der Waals surface area contributed by atoms with E-state index in [-0.39, 0.29) is 12.2 Å². The van der Waals surface area contributed by atoms with Crippen LogP contribution in [0.3, 0.4) is 0 Å². The number of hydrogen-bond acceptors (Lipinski definition) is 4. The van der Waals surface area contributed by atoms with Crippen molar-refractivity contribution in [2.45, 2.75) is 51.7 Å². The van der Waals surface area contributed by atoms with E-state index < -0.39 is 10.0 Å². The van der Waals surface area contributed by atoms with Crippen LogP contribution in [-0.2, 0) is 14.8 Å². The van der Waals surface area contributed by atoms with Gasteiger partial charge in [0, 0.05) is 18.8 Å². The van der Waals surface area contributed by atoms with Gasteiger partial charge >= 0.3 is 0 Å². The van der Waals surface area contributed by atoms with Gasteiger partial charge in [-0.05, 0) is 51.3 Å². The molecule has 21 heavy (non-hydrogen) atoms. The number of nitrogen functional groups attached to an aromatic ring is 1. The third kappa shape index (κ3) is 2.93. The number of hydrogen-bond donors (Lipinski definition) is 1. The van der Waals surface area contributed by atoms with Gasteiger partial charge in [-0.25, -0.2) is 8.42 Å². The van der Waals surface area contributed by atoms with E-state index in [2.05, 4.69) is 0 Å². The zero-order valence-electron chi connectivity index (χ0n) is 13.3. The number of benzene rings is 1. The molecule has 1 aromatic carbocycles. The maximum Gasteiger partial charge on any atom is 0.243 e. The van der Waals surface area contributed by atoms with Crippen molar-refractivity contribution in [1.29, 1.82) is 0 Å². The largest absolute Gasteiger partial charge is 0.398 e. The fourth-order valence-corrected chi connectivity index (χ4v) is 5.07. The summed E-state index contributed by atoms with van der Waals surface area (Å²) in [5, 5.41) is 0. The van der Waals surface area contributed by atoms with Crippen molar-refractivity contribution in [3.63, 3.8) is 0 Å². The van der Waals surface area contributed by atoms with Crippen molar-refractivity contribution in [2.24, 2.45) is 0 Å². The summed E-state index contributed by atoms with van der Waals surface area (Å²) in [6, 6.07) is 1.84. The molecule has 1 aromatic rings. The van der Waals surface area contributed by atoms with Gasteiger partial charge in [-0.15, -0.1) is 0 Å². The molecule has 2 atom stereocenters. The molecule has 5 nitrogen and oxygen atoms in total. The van der Waals surface area contributed by atoms with Crippen molar-refractivity contribution in [2.75, 3.05) is 18.8 Å². The predicted octanol–water partition coefficient (Wildman–Crippen LogP) is 1.99. The molecule has 0 spiro atoms. The Kier molecular flexibility index (Phi) is 4.33. The Bertz CT molecular complexity index is 645. The Balaban J connectivity index is 2.52. The molecule has 0 aromatic heterocycles. The van der Waals surface area contributed by atoms with Crippen LogP contribution in [-0.4, -0.2) is 38.0 Å². The highest BCUT2D eigenvalue weighted by Crippen LogP contribution is 2.31. The average molecular weight is 312 g/mol. The van der Waals surface area contributed by atoms with Gasteiger partial charge in [-0.1, -0.05) is 6.07 Å². The van der Waals surface area contributed by atoms with Gasteiger partial charge < -0.3 is 10.5 Å². The standard InChI is InChI=1S/C15H24N2O3S/c1-9-6-10(2)15(13(5)14(9)16)21(18,19)17-7-11(3)20-12(4)8-17/h6,11-12H,7-8,16H2,1-5H3. The molecule has 1 aliphatic heterocycles. The zero-order valence-corrected chi connectivity index (χ0v) is 14.1. The number of ether oxygens (including phenoxy) is 1. The molecule has 2 unspecified atom stereocenters. The number of rotatable bonds is 2. The van der Waals surface area contributed by atoms with Crippen molar-refractivity contribution in [1.82, 2.24) is 4.31 Å². The Labute approximate surface area is 127 Å². The molecule has 1 heterocycles. The fraction of sp³-hybridized carbons (Fsp3) is 0.600. The highest BCUT2D eigenvalue weighted by Gasteiger charge is 2.34. The topological polar surface area (TPSA) is 72.6 Å². The molecule has 0 aliphatic carbocycles. The van der Waals surface area contributed by atoms with Crippen molar-refractivity contribution < 1.29 is 13.2 Å². The van der Waals surface area contributed by atoms with Crippen molar-refractivity contribution >= 4 is 15.7 Å². The summed E-state index contributed by atoms with van der Waals surface area (Å²) in [5.41, 5.74) is 8.86. The summed E-state index contributed by atoms with van der Waals surface area (Å²) in [5.74, 6) is 0. The van der Waals surface area contributed by atoms with E-state index in [1.165, 1.54) is 4.31 Å². The minimum absolute atomic E-state index is 0.105. The molecule has 1 aliphatic rings. The third-order valence-corrected chi connectivity index (χ3v) is 6.07. The summed E-state index contributed by atoms with van der Waals surface area (Å²) >= 11 is 0. The van der Waals surface area contributed by atoms with Crippen LogP contribution in [0.5, 0.6) is 0 Å². The number of sulfonamides is 1. The minimum Gasteiger partial charge on any atom is -0.398 e. The maximum absolute atomic E-state index is 13.0. The average Bonchev–Trinajstić information content (AvgIpc) is 2.34. The van der Waals surface area contributed by atoms with E-state index in [0.29, 0.717) is 29.2 Å². The number of anilines is 1. The number of aryl methyl sites for hydroxylation is 2. The Morgan fingerprint density at radius 2 is 1.67 bits per heavy atom. The normalized spacial score (nSPS) is 24.2. The van der Waals surface area contributed by atoms with E-state index in [4.69, 9.17) is 10.5 Å². The lowest BCUT2D eigenvalue weighted by Gasteiger charge is -2.35. The summed E-state index contributed by atoms with van der Waals surface area (Å²) in [7, 11) is -3.56. The summed E-state index contributed by atoms with van der Waals surface area (Å²) < 4.78 is 33.1. The van der Waals surface area contributed by atoms with E-state index in [9.17, 15) is 8.42 Å². The SMILES string of the molecule is Cc1cc(C)c(S(=O)(=O)N2CC(C)OC(C)C2)c(C)c1N. The van der Waals surface area contributed by atoms with E-state index in [1.807, 2.05) is 33.8 Å². The monoisotopic (exact) mass is 312 g/mol. The maximum atomic E-state index is 13.0. The molecule has 2 rings (SSSR count). The second-order valence-electron chi connectivity index (χ2n) is 5.96. The zero-order chi connectivity index (χ0) is 15.9. The molecule has 0 bridgehead atoms. The smallest absolute Gasteiger partial charge is 0.243 e. The van der Waals surface area contributed by atoms with Crippen molar-refractivity contribution in [3.05, 3.63) is 22.8 Å². The van der Waals surface area contributed by atoms with Crippen LogP contribution in [0.15, 0.2) is 11.0 Å². The van der Waals surface area contributed by atoms with Gasteiger partial charge in [0.2, 0.25) is 10.0 Å². The van der Waals surface area contributed by atoms with Crippen molar-refractivity contribution in [3.8, 4) is 0 Å². The molecular weight excluding hydrogens is 288 g/mol. The van der Waals surface area contributed by atoms with Gasteiger partial charge in [-0.2, -0.15) is 4.31 Å². The molecule has 0 amide bonds. The Hall–Kier alpha value is -1.11. The van der Waals surface area contributed by atoms with Crippen LogP contribution in [0.4, 0.5) is 5.69 Å². The fourth-order valence-electron chi connectivity index (χ4n) is 3.03. The lowest BCUT2D eigenvalue weighted by Crippen LogP contribution is -2.48. The first-order valence-electron chi connectivity index (χ1n) is 7.16. The second-order valence-corrected chi connectivity index (χ2v) is 7.83. The quantitative estimate of drug-likeness (QED) is 0.848. The van der Waals surface area contributed by atoms with Crippen LogP contribution in [0.1, 0.15) is 30.5 Å². The highest BCUT2D eigenvalue weighted by atomic mass is 32.2. The molecule has 0 saturated carbocycles. The molecule has 2 N–H and O–H groups in total. The highest BCUT2D eigenvalue weighted by molar-refractivity contribution is 7.89. The van der Waals surface area contributed by atoms with E-state index >= 15 is 0 Å². The molecular formula is C15H24N2O3S. The first kappa shape index (κ1) is 16.3. The van der Waals surface area contributed by atoms with Gasteiger partial charge in [0.1, 0.15) is 0 Å². The predicted molar refractivity (Wildman–Crippen MR) is 83.8 cm³/mol. The Morgan fingerprint density at radius 1 is 1.14 bits per heavy atom. The summed E-state index contributed by atoms with van der Waals surface area (Å²) in [6.07, 6.45) is -0.209. The van der Waals surface area contributed by atoms with Gasteiger partial charge in [0.25, 0.3) is 0 Å². The molecule has 0 radical (unpaired) electrons. The number of nitrogens with zero attached hydrogens (tertiary/aromatic N) is 1. The van der Waals surface area contributed by atoms with Crippen LogP contribution < -0.4 is 5.73 Å². The minimum atomic E-state index is -3.56. The molecule has 6 heteroatoms. The van der Waals surface area contributed by atoms with Gasteiger partial charge in [0.15, 0.2) is 0 Å². The van der Waals surface area contributed by atoms with Crippen LogP contribution in [0.25, 0.3) is 0 Å². The van der Waals surface area contributed by atoms with Crippen LogP contribution >= 0.6 is 0 Å². The van der Waals surface area contributed by atoms with E-state index in [1.54, 1.807) is 6.92 Å². The van der Waals surface area contributed by atoms with Crippen LogP contribution in [0.2, 0.25) is 0 Å². The number of nitrogens with two attached hydrogens (primary N) is 1. The molecule has 1 fully saturated rings. The lowest BCUT2D eigenvalue weighted by atomic mass is 10.1. The lowest BCUT2D eigenvalue weighted by molar-refractivity contribution is -0.0441. The first-order chi connectivity index (χ1) is 9.64. The Morgan fingerprint density at radius 3 is 2.19 bits per heavy atom. The van der Waals surface area contributed by atoms with E-state index in [0.717, 1.165) is 11.1 Å². The molecule has 118 valence electrons. The van der Waals surface area contributed by atoms with Gasteiger partial charge in [0.05, 0.1) is 17.1 Å². The van der Waals surface area contributed by atoms with Crippen LogP contribution in [0, 0.1) is 20.8 Å². The summed E-state index contributed by atoms with van der Waals surface area (Å²) in [6.45, 7) is 10.0. The van der Waals surface area contributed by atoms with Gasteiger partial charge in [-0.3, -0.25) is 0 Å². The third-order valence-electron chi connectivity index (χ3n) is 3.94. The second kappa shape index (κ2) is 5.59.